The molecule has 0 bridgehead atoms. The Morgan fingerprint density at radius 1 is 1.03 bits per heavy atom. The van der Waals surface area contributed by atoms with Crippen LogP contribution >= 0.6 is 0 Å². The monoisotopic (exact) mass is 435 g/mol. The fraction of sp³-hybridized carbons (Fsp3) is 0.750. The number of azo groups is 1. The molecule has 8 unspecified atom stereocenters. The van der Waals surface area contributed by atoms with Crippen LogP contribution in [0.4, 0.5) is 11.4 Å². The van der Waals surface area contributed by atoms with Gasteiger partial charge in [-0.1, -0.05) is 38.8 Å². The summed E-state index contributed by atoms with van der Waals surface area (Å²) in [4.78, 5) is 13.3. The van der Waals surface area contributed by atoms with E-state index in [-0.39, 0.29) is 17.9 Å². The van der Waals surface area contributed by atoms with Crippen molar-refractivity contribution in [1.29, 1.82) is 0 Å². The molecule has 0 heterocycles. The Morgan fingerprint density at radius 3 is 2.66 bits per heavy atom. The molecule has 4 fully saturated rings. The molecule has 4 aliphatic carbocycles. The summed E-state index contributed by atoms with van der Waals surface area (Å²) in [5.74, 6) is 5.93. The van der Waals surface area contributed by atoms with Crippen LogP contribution in [-0.2, 0) is 4.79 Å². The van der Waals surface area contributed by atoms with E-state index in [1.54, 1.807) is 0 Å². The molecule has 5 rings (SSSR count). The van der Waals surface area contributed by atoms with E-state index >= 15 is 0 Å². The van der Waals surface area contributed by atoms with Crippen molar-refractivity contribution < 1.29 is 4.79 Å². The normalized spacial score (nSPS) is 41.1. The van der Waals surface area contributed by atoms with Gasteiger partial charge in [-0.15, -0.1) is 0 Å². The van der Waals surface area contributed by atoms with Gasteiger partial charge in [0.05, 0.1) is 5.69 Å². The van der Waals surface area contributed by atoms with Crippen molar-refractivity contribution in [3.63, 3.8) is 0 Å². The number of hydrogen-bond acceptors (Lipinski definition) is 4. The van der Waals surface area contributed by atoms with Gasteiger partial charge < -0.3 is 5.73 Å². The summed E-state index contributed by atoms with van der Waals surface area (Å²) in [5, 5.41) is 8.51. The average Bonchev–Trinajstić information content (AvgIpc) is 3.17. The number of Topliss-reactive ketones (excluding diaryl/α,β-unsaturated/α-hetero) is 1. The molecule has 0 saturated heterocycles. The van der Waals surface area contributed by atoms with E-state index in [0.717, 1.165) is 41.9 Å². The third kappa shape index (κ3) is 3.82. The van der Waals surface area contributed by atoms with Gasteiger partial charge in [-0.05, 0) is 104 Å². The van der Waals surface area contributed by atoms with Crippen molar-refractivity contribution >= 4 is 17.2 Å². The molecular weight excluding hydrogens is 394 g/mol. The van der Waals surface area contributed by atoms with Crippen molar-refractivity contribution in [3.8, 4) is 0 Å². The summed E-state index contributed by atoms with van der Waals surface area (Å²) in [6, 6.07) is 7.46. The molecule has 2 N–H and O–H groups in total. The molecular formula is C28H41N3O. The van der Waals surface area contributed by atoms with Gasteiger partial charge in [0.25, 0.3) is 0 Å². The minimum Gasteiger partial charge on any atom is -0.397 e. The standard InChI is InChI=1S/C28H41N3O/c1-3-18-8-10-20-19(16-18)9-11-22-21(20)14-15-28(2)23(22)12-13-24(28)27(32)17-30-31-26-7-5-4-6-25(26)29/h4-7,18-24H,3,8-17,29H2,1-2H3. The summed E-state index contributed by atoms with van der Waals surface area (Å²) in [5.41, 5.74) is 7.40. The molecule has 1 aromatic rings. The van der Waals surface area contributed by atoms with E-state index in [4.69, 9.17) is 5.73 Å². The smallest absolute Gasteiger partial charge is 0.159 e. The molecule has 0 spiro atoms. The van der Waals surface area contributed by atoms with Gasteiger partial charge in [-0.3, -0.25) is 4.79 Å². The highest BCUT2D eigenvalue weighted by atomic mass is 16.1. The summed E-state index contributed by atoms with van der Waals surface area (Å²) in [7, 11) is 0. The van der Waals surface area contributed by atoms with Crippen LogP contribution in [0, 0.1) is 46.8 Å². The number of nitrogens with zero attached hydrogens (tertiary/aromatic N) is 2. The summed E-state index contributed by atoms with van der Waals surface area (Å²) >= 11 is 0. The minimum atomic E-state index is 0.161. The van der Waals surface area contributed by atoms with Crippen LogP contribution in [0.3, 0.4) is 0 Å². The van der Waals surface area contributed by atoms with Crippen LogP contribution in [0.1, 0.15) is 78.1 Å². The van der Waals surface area contributed by atoms with Crippen molar-refractivity contribution in [2.45, 2.75) is 78.1 Å². The predicted octanol–water partition coefficient (Wildman–Crippen LogP) is 7.22. The number of rotatable bonds is 5. The topological polar surface area (TPSA) is 67.8 Å². The number of anilines is 1. The fourth-order valence-corrected chi connectivity index (χ4v) is 8.72. The SMILES string of the molecule is CCC1CCC2C(CCC3C2CCC2(C)C(C(=O)CN=Nc4ccccc4N)CCC32)C1. The number of hydrogen-bond donors (Lipinski definition) is 1. The highest BCUT2D eigenvalue weighted by Gasteiger charge is 2.58. The molecule has 4 nitrogen and oxygen atoms in total. The highest BCUT2D eigenvalue weighted by molar-refractivity contribution is 5.84. The highest BCUT2D eigenvalue weighted by Crippen LogP contribution is 2.64. The van der Waals surface area contributed by atoms with Crippen molar-refractivity contribution in [2.75, 3.05) is 12.3 Å². The number of benzene rings is 1. The summed E-state index contributed by atoms with van der Waals surface area (Å²) < 4.78 is 0. The van der Waals surface area contributed by atoms with E-state index < -0.39 is 0 Å². The maximum atomic E-state index is 13.3. The lowest BCUT2D eigenvalue weighted by atomic mass is 9.49. The summed E-state index contributed by atoms with van der Waals surface area (Å²) in [6.07, 6.45) is 13.5. The molecule has 0 radical (unpaired) electrons. The Morgan fingerprint density at radius 2 is 1.84 bits per heavy atom. The Hall–Kier alpha value is -1.71. The zero-order valence-electron chi connectivity index (χ0n) is 20.0. The molecule has 4 heteroatoms. The molecule has 174 valence electrons. The number of nitrogens with two attached hydrogens (primary N) is 1. The van der Waals surface area contributed by atoms with E-state index in [1.165, 1.54) is 57.8 Å². The van der Waals surface area contributed by atoms with E-state index in [1.807, 2.05) is 24.3 Å². The van der Waals surface area contributed by atoms with E-state index in [2.05, 4.69) is 24.1 Å². The minimum absolute atomic E-state index is 0.161. The molecule has 0 aromatic heterocycles. The van der Waals surface area contributed by atoms with Crippen LogP contribution in [0.15, 0.2) is 34.5 Å². The molecule has 0 amide bonds. The van der Waals surface area contributed by atoms with Crippen LogP contribution in [0.25, 0.3) is 0 Å². The van der Waals surface area contributed by atoms with Crippen LogP contribution in [0.5, 0.6) is 0 Å². The first-order valence-electron chi connectivity index (χ1n) is 13.3. The average molecular weight is 436 g/mol. The number of nitrogen functional groups attached to an aromatic ring is 1. The lowest BCUT2D eigenvalue weighted by Gasteiger charge is -2.56. The van der Waals surface area contributed by atoms with Gasteiger partial charge >= 0.3 is 0 Å². The van der Waals surface area contributed by atoms with Crippen molar-refractivity contribution in [2.24, 2.45) is 57.1 Å². The van der Waals surface area contributed by atoms with Crippen molar-refractivity contribution in [1.82, 2.24) is 0 Å². The Kier molecular flexibility index (Phi) is 6.15. The molecule has 4 saturated carbocycles. The zero-order chi connectivity index (χ0) is 22.3. The molecule has 4 aliphatic rings. The Bertz CT molecular complexity index is 866. The fourth-order valence-electron chi connectivity index (χ4n) is 8.72. The predicted molar refractivity (Wildman–Crippen MR) is 130 cm³/mol. The second-order valence-corrected chi connectivity index (χ2v) is 11.6. The van der Waals surface area contributed by atoms with Gasteiger partial charge in [0, 0.05) is 5.92 Å². The summed E-state index contributed by atoms with van der Waals surface area (Å²) in [6.45, 7) is 5.01. The van der Waals surface area contributed by atoms with Gasteiger partial charge in [0.2, 0.25) is 0 Å². The molecule has 32 heavy (non-hydrogen) atoms. The third-order valence-corrected chi connectivity index (χ3v) is 10.4. The van der Waals surface area contributed by atoms with Gasteiger partial charge in [-0.25, -0.2) is 0 Å². The quantitative estimate of drug-likeness (QED) is 0.392. The molecule has 0 aliphatic heterocycles. The molecule has 8 atom stereocenters. The number of para-hydroxylation sites is 1. The first kappa shape index (κ1) is 22.1. The number of carbonyl (C=O) groups excluding carboxylic acids is 1. The maximum Gasteiger partial charge on any atom is 0.159 e. The Balaban J connectivity index is 1.25. The maximum absolute atomic E-state index is 13.3. The number of fused-ring (bicyclic) bond motifs is 5. The van der Waals surface area contributed by atoms with Crippen LogP contribution in [0.2, 0.25) is 0 Å². The third-order valence-electron chi connectivity index (χ3n) is 10.4. The lowest BCUT2D eigenvalue weighted by molar-refractivity contribution is -0.129. The second kappa shape index (κ2) is 8.91. The Labute approximate surface area is 193 Å². The van der Waals surface area contributed by atoms with Gasteiger partial charge in [-0.2, -0.15) is 10.2 Å². The number of ketones is 1. The lowest BCUT2D eigenvalue weighted by Crippen LogP contribution is -2.49. The number of carbonyl (C=O) groups is 1. The zero-order valence-corrected chi connectivity index (χ0v) is 20.0. The first-order valence-corrected chi connectivity index (χ1v) is 13.3. The van der Waals surface area contributed by atoms with E-state index in [0.29, 0.717) is 17.2 Å². The molecule has 1 aromatic carbocycles. The first-order chi connectivity index (χ1) is 15.5. The second-order valence-electron chi connectivity index (χ2n) is 11.6. The van der Waals surface area contributed by atoms with Gasteiger partial charge in [0.1, 0.15) is 12.2 Å². The van der Waals surface area contributed by atoms with Crippen LogP contribution in [-0.4, -0.2) is 12.3 Å². The van der Waals surface area contributed by atoms with Crippen molar-refractivity contribution in [3.05, 3.63) is 24.3 Å². The van der Waals surface area contributed by atoms with Crippen LogP contribution < -0.4 is 5.73 Å². The van der Waals surface area contributed by atoms with E-state index in [9.17, 15) is 4.79 Å². The van der Waals surface area contributed by atoms with Gasteiger partial charge in [0.15, 0.2) is 5.78 Å². The largest absolute Gasteiger partial charge is 0.397 e.